The number of nitrogens with zero attached hydrogens (tertiary/aromatic N) is 1. The van der Waals surface area contributed by atoms with Gasteiger partial charge in [-0.05, 0) is 13.0 Å². The zero-order valence-corrected chi connectivity index (χ0v) is 7.30. The molecule has 0 amide bonds. The maximum absolute atomic E-state index is 12.3. The van der Waals surface area contributed by atoms with Crippen molar-refractivity contribution in [2.75, 3.05) is 6.54 Å². The van der Waals surface area contributed by atoms with Gasteiger partial charge in [0.2, 0.25) is 0 Å². The van der Waals surface area contributed by atoms with Gasteiger partial charge in [-0.2, -0.15) is 18.3 Å². The largest absolute Gasteiger partial charge is 0.433 e. The topological polar surface area (TPSA) is 54.7 Å². The summed E-state index contributed by atoms with van der Waals surface area (Å²) in [6.07, 6.45) is 0.233. The first kappa shape index (κ1) is 10.8. The molecule has 0 unspecified atom stereocenters. The van der Waals surface area contributed by atoms with Crippen LogP contribution in [0, 0.1) is 0 Å². The van der Waals surface area contributed by atoms with Crippen LogP contribution in [-0.4, -0.2) is 16.7 Å². The van der Waals surface area contributed by atoms with Gasteiger partial charge in [-0.1, -0.05) is 12.2 Å². The number of aromatic nitrogens is 2. The van der Waals surface area contributed by atoms with Gasteiger partial charge in [-0.3, -0.25) is 5.10 Å². The summed E-state index contributed by atoms with van der Waals surface area (Å²) in [5.41, 5.74) is 4.40. The monoisotopic (exact) mass is 205 g/mol. The highest BCUT2D eigenvalue weighted by Gasteiger charge is 2.34. The van der Waals surface area contributed by atoms with Crippen molar-refractivity contribution in [3.8, 4) is 0 Å². The number of nitrogens with two attached hydrogens (primary N) is 1. The molecule has 78 valence electrons. The third-order valence-electron chi connectivity index (χ3n) is 1.58. The molecule has 0 aromatic carbocycles. The average Bonchev–Trinajstić information content (AvgIpc) is 2.52. The second kappa shape index (κ2) is 4.28. The second-order valence-electron chi connectivity index (χ2n) is 2.68. The standard InChI is InChI=1S/C8H10F3N3/c9-8(10,11)7-6(5-13-14-7)3-1-2-4-12/h1,3,5H,2,4,12H2,(H,13,14). The van der Waals surface area contributed by atoms with E-state index >= 15 is 0 Å². The zero-order chi connectivity index (χ0) is 10.6. The van der Waals surface area contributed by atoms with Crippen molar-refractivity contribution in [3.63, 3.8) is 0 Å². The summed E-state index contributed by atoms with van der Waals surface area (Å²) in [5, 5.41) is 5.25. The van der Waals surface area contributed by atoms with Crippen LogP contribution in [0.5, 0.6) is 0 Å². The van der Waals surface area contributed by atoms with Gasteiger partial charge in [0.25, 0.3) is 0 Å². The van der Waals surface area contributed by atoms with E-state index in [1.165, 1.54) is 6.08 Å². The molecule has 14 heavy (non-hydrogen) atoms. The first-order valence-electron chi connectivity index (χ1n) is 4.03. The van der Waals surface area contributed by atoms with Gasteiger partial charge in [0, 0.05) is 5.56 Å². The molecule has 1 rings (SSSR count). The van der Waals surface area contributed by atoms with Crippen LogP contribution in [0.1, 0.15) is 17.7 Å². The molecule has 0 saturated carbocycles. The van der Waals surface area contributed by atoms with Crippen molar-refractivity contribution < 1.29 is 13.2 Å². The third-order valence-corrected chi connectivity index (χ3v) is 1.58. The van der Waals surface area contributed by atoms with Crippen LogP contribution in [0.4, 0.5) is 13.2 Å². The first-order valence-corrected chi connectivity index (χ1v) is 4.03. The van der Waals surface area contributed by atoms with Gasteiger partial charge < -0.3 is 5.73 Å². The van der Waals surface area contributed by atoms with Crippen molar-refractivity contribution in [2.24, 2.45) is 5.73 Å². The zero-order valence-electron chi connectivity index (χ0n) is 7.30. The highest BCUT2D eigenvalue weighted by Crippen LogP contribution is 2.30. The quantitative estimate of drug-likeness (QED) is 0.790. The lowest BCUT2D eigenvalue weighted by molar-refractivity contribution is -0.141. The maximum atomic E-state index is 12.3. The minimum atomic E-state index is -4.39. The lowest BCUT2D eigenvalue weighted by Crippen LogP contribution is -2.07. The van der Waals surface area contributed by atoms with Crippen LogP contribution in [0.15, 0.2) is 12.3 Å². The van der Waals surface area contributed by atoms with Crippen molar-refractivity contribution in [3.05, 3.63) is 23.5 Å². The first-order chi connectivity index (χ1) is 6.55. The minimum absolute atomic E-state index is 0.0333. The summed E-state index contributed by atoms with van der Waals surface area (Å²) >= 11 is 0. The molecule has 1 aromatic rings. The number of halogens is 3. The van der Waals surface area contributed by atoms with E-state index in [2.05, 4.69) is 5.10 Å². The number of hydrogen-bond donors (Lipinski definition) is 2. The van der Waals surface area contributed by atoms with Gasteiger partial charge in [-0.25, -0.2) is 0 Å². The van der Waals surface area contributed by atoms with E-state index in [9.17, 15) is 13.2 Å². The smallest absolute Gasteiger partial charge is 0.330 e. The van der Waals surface area contributed by atoms with Crippen LogP contribution in [0.25, 0.3) is 6.08 Å². The fraction of sp³-hybridized carbons (Fsp3) is 0.375. The Kier molecular flexibility index (Phi) is 3.29. The molecule has 0 aliphatic heterocycles. The fourth-order valence-electron chi connectivity index (χ4n) is 0.955. The predicted molar refractivity (Wildman–Crippen MR) is 46.3 cm³/mol. The summed E-state index contributed by atoms with van der Waals surface area (Å²) in [5.74, 6) is 0. The Bertz CT molecular complexity index is 314. The van der Waals surface area contributed by atoms with Gasteiger partial charge in [0.1, 0.15) is 5.69 Å². The molecule has 0 atom stereocenters. The Morgan fingerprint density at radius 1 is 1.50 bits per heavy atom. The van der Waals surface area contributed by atoms with E-state index in [0.717, 1.165) is 6.20 Å². The molecule has 0 spiro atoms. The molecule has 0 aliphatic carbocycles. The number of hydrogen-bond acceptors (Lipinski definition) is 2. The molecular weight excluding hydrogens is 195 g/mol. The normalized spacial score (nSPS) is 12.6. The van der Waals surface area contributed by atoms with E-state index in [0.29, 0.717) is 13.0 Å². The van der Waals surface area contributed by atoms with Gasteiger partial charge >= 0.3 is 6.18 Å². The predicted octanol–water partition coefficient (Wildman–Crippen LogP) is 1.79. The Labute approximate surface area is 78.8 Å². The van der Waals surface area contributed by atoms with E-state index in [1.807, 2.05) is 5.10 Å². The second-order valence-corrected chi connectivity index (χ2v) is 2.68. The van der Waals surface area contributed by atoms with Gasteiger partial charge in [0.15, 0.2) is 0 Å². The van der Waals surface area contributed by atoms with Crippen LogP contribution in [0.3, 0.4) is 0 Å². The summed E-state index contributed by atoms with van der Waals surface area (Å²) < 4.78 is 36.8. The Balaban J connectivity index is 2.83. The molecule has 3 N–H and O–H groups in total. The SMILES string of the molecule is NCCC=Cc1cn[nH]c1C(F)(F)F. The third kappa shape index (κ3) is 2.59. The van der Waals surface area contributed by atoms with E-state index in [1.54, 1.807) is 6.08 Å². The van der Waals surface area contributed by atoms with Crippen molar-refractivity contribution >= 4 is 6.08 Å². The van der Waals surface area contributed by atoms with Crippen LogP contribution < -0.4 is 5.73 Å². The Morgan fingerprint density at radius 3 is 2.79 bits per heavy atom. The van der Waals surface area contributed by atoms with E-state index in [4.69, 9.17) is 5.73 Å². The number of H-pyrrole nitrogens is 1. The van der Waals surface area contributed by atoms with E-state index < -0.39 is 11.9 Å². The molecule has 1 aromatic heterocycles. The van der Waals surface area contributed by atoms with Crippen LogP contribution in [0.2, 0.25) is 0 Å². The molecule has 0 aliphatic rings. The molecular formula is C8H10F3N3. The van der Waals surface area contributed by atoms with Gasteiger partial charge in [-0.15, -0.1) is 0 Å². The summed E-state index contributed by atoms with van der Waals surface area (Å²) in [6, 6.07) is 0. The van der Waals surface area contributed by atoms with Crippen LogP contribution in [-0.2, 0) is 6.18 Å². The molecule has 0 fully saturated rings. The van der Waals surface area contributed by atoms with Gasteiger partial charge in [0.05, 0.1) is 6.20 Å². The summed E-state index contributed by atoms with van der Waals surface area (Å²) in [4.78, 5) is 0. The number of aromatic amines is 1. The van der Waals surface area contributed by atoms with Crippen molar-refractivity contribution in [1.82, 2.24) is 10.2 Å². The van der Waals surface area contributed by atoms with E-state index in [-0.39, 0.29) is 5.56 Å². The Hall–Kier alpha value is -1.30. The summed E-state index contributed by atoms with van der Waals surface area (Å²) in [6.45, 7) is 0.412. The molecule has 0 saturated heterocycles. The lowest BCUT2D eigenvalue weighted by atomic mass is 10.2. The molecule has 0 bridgehead atoms. The fourth-order valence-corrected chi connectivity index (χ4v) is 0.955. The number of alkyl halides is 3. The average molecular weight is 205 g/mol. The highest BCUT2D eigenvalue weighted by atomic mass is 19.4. The number of rotatable bonds is 3. The molecule has 0 radical (unpaired) electrons. The van der Waals surface area contributed by atoms with Crippen molar-refractivity contribution in [2.45, 2.75) is 12.6 Å². The summed E-state index contributed by atoms with van der Waals surface area (Å²) in [7, 11) is 0. The minimum Gasteiger partial charge on any atom is -0.330 e. The number of nitrogens with one attached hydrogen (secondary N) is 1. The lowest BCUT2D eigenvalue weighted by Gasteiger charge is -2.03. The van der Waals surface area contributed by atoms with Crippen molar-refractivity contribution in [1.29, 1.82) is 0 Å². The molecule has 1 heterocycles. The van der Waals surface area contributed by atoms with Crippen LogP contribution >= 0.6 is 0 Å². The Morgan fingerprint density at radius 2 is 2.21 bits per heavy atom. The highest BCUT2D eigenvalue weighted by molar-refractivity contribution is 5.51. The molecule has 6 heteroatoms. The molecule has 3 nitrogen and oxygen atoms in total. The maximum Gasteiger partial charge on any atom is 0.433 e.